The Labute approximate surface area is 126 Å². The van der Waals surface area contributed by atoms with E-state index in [0.29, 0.717) is 18.7 Å². The van der Waals surface area contributed by atoms with Crippen LogP contribution in [0.25, 0.3) is 0 Å². The number of phenols is 1. The zero-order valence-electron chi connectivity index (χ0n) is 13.8. The number of hydrogen-bond acceptors (Lipinski definition) is 3. The number of carbonyl (C=O) groups excluding carboxylic acids is 1. The van der Waals surface area contributed by atoms with Crippen LogP contribution in [-0.4, -0.2) is 35.1 Å². The second-order valence-electron chi connectivity index (χ2n) is 6.18. The third-order valence-corrected chi connectivity index (χ3v) is 4.79. The van der Waals surface area contributed by atoms with Crippen LogP contribution >= 0.6 is 0 Å². The molecule has 1 aromatic rings. The van der Waals surface area contributed by atoms with Gasteiger partial charge in [-0.05, 0) is 57.7 Å². The Hall–Kier alpha value is -1.71. The van der Waals surface area contributed by atoms with E-state index in [0.717, 1.165) is 34.4 Å². The summed E-state index contributed by atoms with van der Waals surface area (Å²) in [5.74, 6) is 1.13. The molecule has 21 heavy (non-hydrogen) atoms. The summed E-state index contributed by atoms with van der Waals surface area (Å²) in [6.45, 7) is 10.2. The molecule has 1 aromatic carbocycles. The van der Waals surface area contributed by atoms with Crippen LogP contribution in [0, 0.1) is 20.8 Å². The second kappa shape index (κ2) is 5.24. The van der Waals surface area contributed by atoms with Gasteiger partial charge >= 0.3 is 0 Å². The summed E-state index contributed by atoms with van der Waals surface area (Å²) in [6.07, 6.45) is 1.38. The maximum Gasteiger partial charge on any atom is 0.266 e. The zero-order valence-corrected chi connectivity index (χ0v) is 13.8. The fraction of sp³-hybridized carbons (Fsp3) is 0.588. The van der Waals surface area contributed by atoms with Crippen molar-refractivity contribution in [2.45, 2.75) is 53.1 Å². The lowest BCUT2D eigenvalue weighted by Crippen LogP contribution is -2.51. The minimum atomic E-state index is -0.821. The standard InChI is InChI=1S/C17H25NO3/c1-7-18(6)16(20)17(5)9-8-13-12(4)14(19)10(2)11(3)15(13)21-17/h19H,7-9H2,1-6H3. The molecule has 0 spiro atoms. The van der Waals surface area contributed by atoms with Crippen LogP contribution in [-0.2, 0) is 11.2 Å². The monoisotopic (exact) mass is 291 g/mol. The normalized spacial score (nSPS) is 20.7. The summed E-state index contributed by atoms with van der Waals surface area (Å²) in [5, 5.41) is 10.2. The van der Waals surface area contributed by atoms with Gasteiger partial charge in [0.2, 0.25) is 0 Å². The first-order valence-electron chi connectivity index (χ1n) is 7.49. The molecule has 0 saturated heterocycles. The average Bonchev–Trinajstić information content (AvgIpc) is 2.49. The number of hydrogen-bond donors (Lipinski definition) is 1. The molecule has 2 rings (SSSR count). The minimum absolute atomic E-state index is 0.0124. The van der Waals surface area contributed by atoms with Crippen molar-refractivity contribution in [3.05, 3.63) is 22.3 Å². The maximum atomic E-state index is 12.6. The van der Waals surface area contributed by atoms with Crippen LogP contribution in [0.1, 0.15) is 42.5 Å². The predicted octanol–water partition coefficient (Wildman–Crippen LogP) is 2.88. The van der Waals surface area contributed by atoms with Gasteiger partial charge in [0, 0.05) is 25.6 Å². The highest BCUT2D eigenvalue weighted by molar-refractivity contribution is 5.85. The van der Waals surface area contributed by atoms with Crippen molar-refractivity contribution < 1.29 is 14.6 Å². The highest BCUT2D eigenvalue weighted by atomic mass is 16.5. The molecule has 1 amide bonds. The summed E-state index contributed by atoms with van der Waals surface area (Å²) in [4.78, 5) is 14.3. The number of nitrogens with zero attached hydrogens (tertiary/aromatic N) is 1. The smallest absolute Gasteiger partial charge is 0.266 e. The highest BCUT2D eigenvalue weighted by Crippen LogP contribution is 2.43. The van der Waals surface area contributed by atoms with E-state index in [9.17, 15) is 9.90 Å². The first-order valence-corrected chi connectivity index (χ1v) is 7.49. The number of phenolic OH excluding ortho intramolecular Hbond substituents is 1. The van der Waals surface area contributed by atoms with Gasteiger partial charge in [-0.25, -0.2) is 0 Å². The maximum absolute atomic E-state index is 12.6. The van der Waals surface area contributed by atoms with Gasteiger partial charge in [0.1, 0.15) is 11.5 Å². The molecular weight excluding hydrogens is 266 g/mol. The molecule has 0 bridgehead atoms. The summed E-state index contributed by atoms with van der Waals surface area (Å²) < 4.78 is 6.15. The predicted molar refractivity (Wildman–Crippen MR) is 83.0 cm³/mol. The second-order valence-corrected chi connectivity index (χ2v) is 6.18. The first-order chi connectivity index (χ1) is 9.73. The number of carbonyl (C=O) groups is 1. The molecule has 1 aliphatic heterocycles. The van der Waals surface area contributed by atoms with Crippen molar-refractivity contribution in [2.75, 3.05) is 13.6 Å². The number of rotatable bonds is 2. The lowest BCUT2D eigenvalue weighted by Gasteiger charge is -2.38. The molecule has 1 N–H and O–H groups in total. The number of likely N-dealkylation sites (N-methyl/N-ethyl adjacent to an activating group) is 1. The number of aromatic hydroxyl groups is 1. The van der Waals surface area contributed by atoms with Crippen molar-refractivity contribution in [1.29, 1.82) is 0 Å². The van der Waals surface area contributed by atoms with E-state index >= 15 is 0 Å². The van der Waals surface area contributed by atoms with Crippen molar-refractivity contribution in [2.24, 2.45) is 0 Å². The largest absolute Gasteiger partial charge is 0.507 e. The molecule has 0 fully saturated rings. The molecular formula is C17H25NO3. The summed E-state index contributed by atoms with van der Waals surface area (Å²) in [6, 6.07) is 0. The molecule has 0 aliphatic carbocycles. The quantitative estimate of drug-likeness (QED) is 0.911. The van der Waals surface area contributed by atoms with Gasteiger partial charge in [0.15, 0.2) is 5.60 Å². The molecule has 116 valence electrons. The van der Waals surface area contributed by atoms with Crippen LogP contribution in [0.5, 0.6) is 11.5 Å². The van der Waals surface area contributed by atoms with Crippen LogP contribution in [0.4, 0.5) is 0 Å². The van der Waals surface area contributed by atoms with E-state index in [1.54, 1.807) is 11.9 Å². The van der Waals surface area contributed by atoms with Gasteiger partial charge in [-0.1, -0.05) is 0 Å². The fourth-order valence-electron chi connectivity index (χ4n) is 2.95. The van der Waals surface area contributed by atoms with Crippen molar-refractivity contribution in [3.63, 3.8) is 0 Å². The molecule has 1 heterocycles. The van der Waals surface area contributed by atoms with Crippen molar-refractivity contribution in [3.8, 4) is 11.5 Å². The summed E-state index contributed by atoms with van der Waals surface area (Å²) in [7, 11) is 1.80. The van der Waals surface area contributed by atoms with E-state index in [-0.39, 0.29) is 5.91 Å². The fourth-order valence-corrected chi connectivity index (χ4v) is 2.95. The van der Waals surface area contributed by atoms with Gasteiger partial charge in [0.25, 0.3) is 5.91 Å². The molecule has 1 atom stereocenters. The van der Waals surface area contributed by atoms with Crippen LogP contribution in [0.3, 0.4) is 0 Å². The highest BCUT2D eigenvalue weighted by Gasteiger charge is 2.42. The lowest BCUT2D eigenvalue weighted by atomic mass is 9.86. The molecule has 1 aliphatic rings. The average molecular weight is 291 g/mol. The van der Waals surface area contributed by atoms with E-state index < -0.39 is 5.60 Å². The Morgan fingerprint density at radius 3 is 2.48 bits per heavy atom. The summed E-state index contributed by atoms with van der Waals surface area (Å²) >= 11 is 0. The number of benzene rings is 1. The number of fused-ring (bicyclic) bond motifs is 1. The Balaban J connectivity index is 2.48. The molecule has 0 saturated carbocycles. The molecule has 4 heteroatoms. The van der Waals surface area contributed by atoms with Gasteiger partial charge in [0.05, 0.1) is 0 Å². The van der Waals surface area contributed by atoms with Crippen LogP contribution in [0.15, 0.2) is 0 Å². The van der Waals surface area contributed by atoms with Gasteiger partial charge in [-0.15, -0.1) is 0 Å². The van der Waals surface area contributed by atoms with Gasteiger partial charge < -0.3 is 14.7 Å². The molecule has 1 unspecified atom stereocenters. The van der Waals surface area contributed by atoms with E-state index in [1.165, 1.54) is 0 Å². The van der Waals surface area contributed by atoms with E-state index in [1.807, 2.05) is 34.6 Å². The summed E-state index contributed by atoms with van der Waals surface area (Å²) in [5.41, 5.74) is 2.82. The first kappa shape index (κ1) is 15.7. The van der Waals surface area contributed by atoms with Gasteiger partial charge in [-0.3, -0.25) is 4.79 Å². The third-order valence-electron chi connectivity index (χ3n) is 4.79. The van der Waals surface area contributed by atoms with Crippen molar-refractivity contribution in [1.82, 2.24) is 4.90 Å². The Morgan fingerprint density at radius 1 is 1.29 bits per heavy atom. The molecule has 0 radical (unpaired) electrons. The molecule has 4 nitrogen and oxygen atoms in total. The van der Waals surface area contributed by atoms with E-state index in [2.05, 4.69) is 0 Å². The Morgan fingerprint density at radius 2 is 1.90 bits per heavy atom. The van der Waals surface area contributed by atoms with E-state index in [4.69, 9.17) is 4.74 Å². The third kappa shape index (κ3) is 2.37. The lowest BCUT2D eigenvalue weighted by molar-refractivity contribution is -0.146. The van der Waals surface area contributed by atoms with Crippen molar-refractivity contribution >= 4 is 5.91 Å². The number of ether oxygens (including phenoxy) is 1. The van der Waals surface area contributed by atoms with Crippen LogP contribution in [0.2, 0.25) is 0 Å². The Kier molecular flexibility index (Phi) is 3.91. The number of amides is 1. The Bertz CT molecular complexity index is 594. The molecule has 0 aromatic heterocycles. The van der Waals surface area contributed by atoms with Crippen LogP contribution < -0.4 is 4.74 Å². The topological polar surface area (TPSA) is 49.8 Å². The van der Waals surface area contributed by atoms with Gasteiger partial charge in [-0.2, -0.15) is 0 Å². The minimum Gasteiger partial charge on any atom is -0.507 e. The SMILES string of the molecule is CCN(C)C(=O)C1(C)CCc2c(C)c(O)c(C)c(C)c2O1. The zero-order chi connectivity index (χ0) is 15.9.